The number of nitrogens with one attached hydrogen (secondary N) is 1. The molecule has 0 aromatic heterocycles. The van der Waals surface area contributed by atoms with Crippen LogP contribution in [-0.2, 0) is 27.3 Å². The molecule has 1 amide bonds. The molecule has 4 atom stereocenters. The lowest BCUT2D eigenvalue weighted by Crippen LogP contribution is -2.37. The van der Waals surface area contributed by atoms with Gasteiger partial charge in [-0.3, -0.25) is 9.59 Å². The highest BCUT2D eigenvalue weighted by molar-refractivity contribution is 8.76. The maximum atomic E-state index is 13.7. The Morgan fingerprint density at radius 1 is 1.04 bits per heavy atom. The second kappa shape index (κ2) is 21.9. The van der Waals surface area contributed by atoms with Crippen LogP contribution in [0.25, 0.3) is 0 Å². The Bertz CT molecular complexity index is 1230. The fourth-order valence-corrected chi connectivity index (χ4v) is 9.40. The van der Waals surface area contributed by atoms with E-state index in [-0.39, 0.29) is 35.7 Å². The fraction of sp³-hybridized carbons (Fsp3) is 0.763. The lowest BCUT2D eigenvalue weighted by atomic mass is 9.92. The summed E-state index contributed by atoms with van der Waals surface area (Å²) in [4.78, 5) is 32.2. The van der Waals surface area contributed by atoms with E-state index >= 15 is 0 Å². The van der Waals surface area contributed by atoms with Gasteiger partial charge in [-0.15, -0.1) is 0 Å². The van der Waals surface area contributed by atoms with Crippen LogP contribution < -0.4 is 15.8 Å². The van der Waals surface area contributed by atoms with Crippen LogP contribution in [0.2, 0.25) is 0 Å². The first-order valence-electron chi connectivity index (χ1n) is 19.2. The van der Waals surface area contributed by atoms with Crippen molar-refractivity contribution in [1.29, 1.82) is 0 Å². The molecule has 2 fully saturated rings. The van der Waals surface area contributed by atoms with Crippen LogP contribution in [-0.4, -0.2) is 75.5 Å². The Kier molecular flexibility index (Phi) is 17.7. The number of hydrogen-bond donors (Lipinski definition) is 4. The molecule has 4 bridgehead atoms. The van der Waals surface area contributed by atoms with Gasteiger partial charge in [0.15, 0.2) is 17.5 Å². The number of ether oxygens (including phenoxy) is 2. The SMILES string of the molecule is CCCCCC1C2CCNC(N)=NCSSCCCCCCC(O)CC(OC(C)=O)CCc3cc(c(O)c(OC4CCCC4)c3)CN1C(=O)C2. The Hall–Kier alpha value is -2.31. The summed E-state index contributed by atoms with van der Waals surface area (Å²) < 4.78 is 12.1. The summed E-state index contributed by atoms with van der Waals surface area (Å²) >= 11 is 0. The van der Waals surface area contributed by atoms with Gasteiger partial charge in [-0.25, -0.2) is 4.99 Å². The molecule has 2 aliphatic heterocycles. The van der Waals surface area contributed by atoms with Gasteiger partial charge >= 0.3 is 5.97 Å². The fourth-order valence-electron chi connectivity index (χ4n) is 7.60. The van der Waals surface area contributed by atoms with Crippen molar-refractivity contribution < 1.29 is 29.3 Å². The highest BCUT2D eigenvalue weighted by atomic mass is 33.1. The molecular formula is C38H62N4O6S2. The maximum Gasteiger partial charge on any atom is 0.302 e. The smallest absolute Gasteiger partial charge is 0.302 e. The van der Waals surface area contributed by atoms with E-state index in [0.717, 1.165) is 94.8 Å². The summed E-state index contributed by atoms with van der Waals surface area (Å²) in [5.74, 6) is 2.57. The molecule has 10 nitrogen and oxygen atoms in total. The highest BCUT2D eigenvalue weighted by Gasteiger charge is 2.39. The number of fused-ring (bicyclic) bond motifs is 4. The Morgan fingerprint density at radius 2 is 1.82 bits per heavy atom. The van der Waals surface area contributed by atoms with Crippen molar-refractivity contribution in [3.8, 4) is 11.5 Å². The van der Waals surface area contributed by atoms with Crippen molar-refractivity contribution in [2.24, 2.45) is 16.6 Å². The molecule has 4 rings (SSSR count). The van der Waals surface area contributed by atoms with Crippen molar-refractivity contribution in [3.63, 3.8) is 0 Å². The van der Waals surface area contributed by atoms with Crippen LogP contribution in [0.15, 0.2) is 17.1 Å². The summed E-state index contributed by atoms with van der Waals surface area (Å²) in [6.07, 6.45) is 15.1. The molecular weight excluding hydrogens is 673 g/mol. The van der Waals surface area contributed by atoms with Crippen LogP contribution in [0, 0.1) is 5.92 Å². The third-order valence-corrected chi connectivity index (χ3v) is 12.5. The van der Waals surface area contributed by atoms with Crippen LogP contribution in [0.3, 0.4) is 0 Å². The van der Waals surface area contributed by atoms with Crippen molar-refractivity contribution in [2.75, 3.05) is 18.2 Å². The maximum absolute atomic E-state index is 13.7. The number of esters is 1. The molecule has 0 radical (unpaired) electrons. The molecule has 50 heavy (non-hydrogen) atoms. The average molecular weight is 735 g/mol. The number of rotatable bonds is 7. The van der Waals surface area contributed by atoms with Gasteiger partial charge in [0, 0.05) is 50.2 Å². The number of amides is 1. The van der Waals surface area contributed by atoms with Gasteiger partial charge in [-0.1, -0.05) is 73.1 Å². The number of aryl methyl sites for hydroxylation is 1. The molecule has 1 aliphatic carbocycles. The number of phenols is 1. The number of carbonyl (C=O) groups excluding carboxylic acids is 2. The minimum atomic E-state index is -0.546. The molecule has 12 heteroatoms. The Morgan fingerprint density at radius 3 is 2.60 bits per heavy atom. The number of nitrogens with zero attached hydrogens (tertiary/aromatic N) is 2. The third-order valence-electron chi connectivity index (χ3n) is 10.3. The number of benzene rings is 1. The van der Waals surface area contributed by atoms with Gasteiger partial charge in [0.1, 0.15) is 6.10 Å². The first-order valence-corrected chi connectivity index (χ1v) is 21.7. The third kappa shape index (κ3) is 13.7. The van der Waals surface area contributed by atoms with Crippen LogP contribution >= 0.6 is 21.6 Å². The number of phenolic OH excluding ortho intramolecular Hbond substituents is 1. The molecule has 1 saturated heterocycles. The van der Waals surface area contributed by atoms with E-state index in [9.17, 15) is 19.8 Å². The molecule has 282 valence electrons. The molecule has 2 heterocycles. The monoisotopic (exact) mass is 734 g/mol. The normalized spacial score (nSPS) is 25.9. The number of guanidine groups is 1. The zero-order chi connectivity index (χ0) is 35.7. The lowest BCUT2D eigenvalue weighted by molar-refractivity contribution is -0.148. The summed E-state index contributed by atoms with van der Waals surface area (Å²) in [6, 6.07) is 3.96. The number of aliphatic hydroxyl groups is 1. The summed E-state index contributed by atoms with van der Waals surface area (Å²) in [6.45, 7) is 4.57. The van der Waals surface area contributed by atoms with E-state index in [1.807, 2.05) is 17.0 Å². The van der Waals surface area contributed by atoms with Crippen molar-refractivity contribution in [2.45, 2.75) is 160 Å². The number of aliphatic imine (C=N–C) groups is 1. The van der Waals surface area contributed by atoms with Gasteiger partial charge < -0.3 is 35.6 Å². The highest BCUT2D eigenvalue weighted by Crippen LogP contribution is 2.39. The molecule has 1 aromatic carbocycles. The van der Waals surface area contributed by atoms with E-state index in [0.29, 0.717) is 68.3 Å². The first kappa shape index (κ1) is 40.5. The Labute approximate surface area is 307 Å². The second-order valence-electron chi connectivity index (χ2n) is 14.4. The molecule has 1 saturated carbocycles. The number of unbranched alkanes of at least 4 members (excludes halogenated alkanes) is 2. The van der Waals surface area contributed by atoms with E-state index in [2.05, 4.69) is 17.2 Å². The summed E-state index contributed by atoms with van der Waals surface area (Å²) in [7, 11) is 3.50. The minimum absolute atomic E-state index is 0.0577. The molecule has 1 aromatic rings. The molecule has 0 spiro atoms. The standard InChI is InChI=1S/C38H62N4O6S2/c1-3-4-7-15-34-29-18-19-40-38(39)41-26-50-49-20-11-6-5-8-12-31(44)24-33(47-27(2)43)17-16-28-21-30(25-42(34)36(45)23-29)37(46)35(22-28)48-32-13-9-10-14-32/h21-22,29,31-34,44,46H,3-20,23-26H2,1-2H3,(H3,39,40,41). The summed E-state index contributed by atoms with van der Waals surface area (Å²) in [5.41, 5.74) is 7.83. The van der Waals surface area contributed by atoms with Crippen molar-refractivity contribution in [3.05, 3.63) is 23.3 Å². The molecule has 3 aliphatic rings. The number of nitrogens with two attached hydrogens (primary N) is 1. The topological polar surface area (TPSA) is 147 Å². The van der Waals surface area contributed by atoms with Gasteiger partial charge in [-0.05, 0) is 81.8 Å². The molecule has 5 N–H and O–H groups in total. The van der Waals surface area contributed by atoms with Gasteiger partial charge in [-0.2, -0.15) is 0 Å². The number of hydrogen-bond acceptors (Lipinski definition) is 11. The average Bonchev–Trinajstić information content (AvgIpc) is 3.69. The molecule has 4 unspecified atom stereocenters. The number of aromatic hydroxyl groups is 1. The van der Waals surface area contributed by atoms with E-state index in [1.54, 1.807) is 21.6 Å². The summed E-state index contributed by atoms with van der Waals surface area (Å²) in [5, 5.41) is 25.7. The minimum Gasteiger partial charge on any atom is -0.504 e. The van der Waals surface area contributed by atoms with Crippen LogP contribution in [0.5, 0.6) is 11.5 Å². The van der Waals surface area contributed by atoms with E-state index in [1.165, 1.54) is 6.92 Å². The number of aliphatic hydroxyl groups excluding tert-OH is 1. The predicted octanol–water partition coefficient (Wildman–Crippen LogP) is 7.22. The van der Waals surface area contributed by atoms with Gasteiger partial charge in [0.25, 0.3) is 0 Å². The van der Waals surface area contributed by atoms with Crippen LogP contribution in [0.1, 0.15) is 134 Å². The van der Waals surface area contributed by atoms with E-state index in [4.69, 9.17) is 15.2 Å². The Balaban J connectivity index is 1.59. The predicted molar refractivity (Wildman–Crippen MR) is 204 cm³/mol. The van der Waals surface area contributed by atoms with Crippen LogP contribution in [0.4, 0.5) is 0 Å². The zero-order valence-electron chi connectivity index (χ0n) is 30.4. The van der Waals surface area contributed by atoms with Crippen molar-refractivity contribution in [1.82, 2.24) is 10.2 Å². The van der Waals surface area contributed by atoms with E-state index < -0.39 is 12.2 Å². The zero-order valence-corrected chi connectivity index (χ0v) is 32.0. The van der Waals surface area contributed by atoms with Crippen molar-refractivity contribution >= 4 is 39.4 Å². The lowest BCUT2D eigenvalue weighted by Gasteiger charge is -2.29. The van der Waals surface area contributed by atoms with Gasteiger partial charge in [0.2, 0.25) is 5.91 Å². The second-order valence-corrected chi connectivity index (χ2v) is 16.9. The largest absolute Gasteiger partial charge is 0.504 e. The van der Waals surface area contributed by atoms with Gasteiger partial charge in [0.05, 0.1) is 18.1 Å². The quantitative estimate of drug-likeness (QED) is 0.129. The number of carbonyl (C=O) groups is 2. The first-order chi connectivity index (χ1) is 24.2.